The molecule has 0 spiro atoms. The molecular weight excluding hydrogens is 218 g/mol. The van der Waals surface area contributed by atoms with Crippen LogP contribution in [0.25, 0.3) is 0 Å². The second-order valence-electron chi connectivity index (χ2n) is 3.08. The highest BCUT2D eigenvalue weighted by Crippen LogP contribution is 1.91. The molecule has 0 atom stereocenters. The monoisotopic (exact) mass is 239 g/mol. The Hall–Kier alpha value is -1.06. The molecule has 2 heterocycles. The first-order valence-electron chi connectivity index (χ1n) is 5.56. The van der Waals surface area contributed by atoms with E-state index in [0.29, 0.717) is 0 Å². The predicted octanol–water partition coefficient (Wildman–Crippen LogP) is 4.16. The summed E-state index contributed by atoms with van der Waals surface area (Å²) in [6.45, 7) is 3.03. The average Bonchev–Trinajstić information content (AvgIpc) is 3.00. The number of unbranched alkanes of at least 4 members (excludes halogenated alkanes) is 2. The van der Waals surface area contributed by atoms with Gasteiger partial charge in [-0.3, -0.25) is 0 Å². The van der Waals surface area contributed by atoms with Crippen molar-refractivity contribution in [3.63, 3.8) is 0 Å². The van der Waals surface area contributed by atoms with Gasteiger partial charge in [0.05, 0.1) is 12.5 Å². The number of hydrogen-bond donors (Lipinski definition) is 1. The Morgan fingerprint density at radius 2 is 1.62 bits per heavy atom. The Labute approximate surface area is 102 Å². The van der Waals surface area contributed by atoms with Crippen LogP contribution in [0, 0.1) is 0 Å². The van der Waals surface area contributed by atoms with Crippen molar-refractivity contribution in [3.05, 3.63) is 47.6 Å². The summed E-state index contributed by atoms with van der Waals surface area (Å²) in [5.74, 6) is 0. The molecule has 0 saturated heterocycles. The summed E-state index contributed by atoms with van der Waals surface area (Å²) >= 11 is 1.71. The average molecular weight is 239 g/mol. The van der Waals surface area contributed by atoms with Gasteiger partial charge in [0.15, 0.2) is 0 Å². The minimum Gasteiger partial charge on any atom is -0.473 e. The molecule has 0 aliphatic rings. The molecule has 0 amide bonds. The topological polar surface area (TPSA) is 39.2 Å². The van der Waals surface area contributed by atoms with Gasteiger partial charge in [0.25, 0.3) is 0 Å². The van der Waals surface area contributed by atoms with Gasteiger partial charge in [0.2, 0.25) is 0 Å². The highest BCUT2D eigenvalue weighted by molar-refractivity contribution is 7.07. The summed E-state index contributed by atoms with van der Waals surface area (Å²) in [5, 5.41) is 4.08. The molecule has 2 rings (SSSR count). The Morgan fingerprint density at radius 1 is 1.00 bits per heavy atom. The second kappa shape index (κ2) is 13.9. The largest absolute Gasteiger partial charge is 0.473 e. The van der Waals surface area contributed by atoms with E-state index in [0.717, 1.165) is 6.54 Å². The van der Waals surface area contributed by atoms with E-state index in [9.17, 15) is 0 Å². The van der Waals surface area contributed by atoms with Gasteiger partial charge in [-0.25, -0.2) is 0 Å². The van der Waals surface area contributed by atoms with Crippen LogP contribution < -0.4 is 5.73 Å². The van der Waals surface area contributed by atoms with Crippen molar-refractivity contribution in [1.29, 1.82) is 0 Å². The maximum absolute atomic E-state index is 5.21. The Morgan fingerprint density at radius 3 is 1.81 bits per heavy atom. The van der Waals surface area contributed by atoms with Crippen molar-refractivity contribution in [2.24, 2.45) is 5.73 Å². The zero-order valence-corrected chi connectivity index (χ0v) is 10.7. The lowest BCUT2D eigenvalue weighted by atomic mass is 10.3. The lowest BCUT2D eigenvalue weighted by Gasteiger charge is -1.86. The Kier molecular flexibility index (Phi) is 13.0. The zero-order chi connectivity index (χ0) is 11.9. The molecule has 0 radical (unpaired) electrons. The highest BCUT2D eigenvalue weighted by Gasteiger charge is 1.75. The first kappa shape index (κ1) is 14.9. The van der Waals surface area contributed by atoms with Gasteiger partial charge >= 0.3 is 0 Å². The maximum Gasteiger partial charge on any atom is 0.0902 e. The van der Waals surface area contributed by atoms with Crippen molar-refractivity contribution < 1.29 is 4.42 Å². The molecule has 90 valence electrons. The summed E-state index contributed by atoms with van der Waals surface area (Å²) < 4.78 is 4.58. The third-order valence-corrected chi connectivity index (χ3v) is 2.29. The van der Waals surface area contributed by atoms with Crippen LogP contribution in [0.15, 0.2) is 52.0 Å². The van der Waals surface area contributed by atoms with E-state index in [1.54, 1.807) is 23.9 Å². The van der Waals surface area contributed by atoms with Gasteiger partial charge in [-0.2, -0.15) is 11.3 Å². The van der Waals surface area contributed by atoms with E-state index in [4.69, 9.17) is 5.73 Å². The first-order valence-corrected chi connectivity index (χ1v) is 6.50. The van der Waals surface area contributed by atoms with Gasteiger partial charge in [0, 0.05) is 0 Å². The third kappa shape index (κ3) is 12.9. The first-order chi connectivity index (χ1) is 7.91. The summed E-state index contributed by atoms with van der Waals surface area (Å²) in [5.41, 5.74) is 5.21. The van der Waals surface area contributed by atoms with Gasteiger partial charge in [-0.05, 0) is 35.9 Å². The third-order valence-electron chi connectivity index (χ3n) is 1.66. The molecule has 0 unspecified atom stereocenters. The van der Waals surface area contributed by atoms with E-state index in [1.807, 2.05) is 35.0 Å². The quantitative estimate of drug-likeness (QED) is 0.817. The fourth-order valence-corrected chi connectivity index (χ4v) is 1.30. The molecule has 0 bridgehead atoms. The van der Waals surface area contributed by atoms with E-state index in [1.165, 1.54) is 19.3 Å². The Balaban J connectivity index is 0.000000211. The number of nitrogens with two attached hydrogens (primary N) is 1. The molecule has 3 heteroatoms. The fourth-order valence-electron chi connectivity index (χ4n) is 0.848. The molecule has 0 aromatic carbocycles. The molecule has 2 N–H and O–H groups in total. The molecule has 0 fully saturated rings. The van der Waals surface area contributed by atoms with Crippen molar-refractivity contribution in [2.45, 2.75) is 26.2 Å². The normalized spacial score (nSPS) is 8.38. The molecular formula is C13H21NOS. The van der Waals surface area contributed by atoms with Crippen molar-refractivity contribution in [3.8, 4) is 0 Å². The lowest BCUT2D eigenvalue weighted by Crippen LogP contribution is -1.96. The molecule has 16 heavy (non-hydrogen) atoms. The lowest BCUT2D eigenvalue weighted by molar-refractivity contribution is 0.567. The second-order valence-corrected chi connectivity index (χ2v) is 3.90. The molecule has 2 aromatic heterocycles. The maximum atomic E-state index is 5.21. The van der Waals surface area contributed by atoms with E-state index < -0.39 is 0 Å². The number of rotatable bonds is 3. The van der Waals surface area contributed by atoms with Crippen LogP contribution in [0.1, 0.15) is 26.2 Å². The smallest absolute Gasteiger partial charge is 0.0902 e. The van der Waals surface area contributed by atoms with Gasteiger partial charge in [-0.15, -0.1) is 0 Å². The van der Waals surface area contributed by atoms with Crippen LogP contribution in [0.5, 0.6) is 0 Å². The van der Waals surface area contributed by atoms with Gasteiger partial charge < -0.3 is 10.2 Å². The van der Waals surface area contributed by atoms with E-state index in [2.05, 4.69) is 11.3 Å². The molecule has 2 aromatic rings. The van der Waals surface area contributed by atoms with Crippen LogP contribution in [0.3, 0.4) is 0 Å². The molecule has 0 saturated carbocycles. The van der Waals surface area contributed by atoms with Crippen LogP contribution in [0.2, 0.25) is 0 Å². The van der Waals surface area contributed by atoms with Crippen molar-refractivity contribution >= 4 is 11.3 Å². The molecule has 0 aliphatic carbocycles. The zero-order valence-electron chi connectivity index (χ0n) is 9.84. The summed E-state index contributed by atoms with van der Waals surface area (Å²) in [4.78, 5) is 0. The number of thiophene rings is 1. The molecule has 2 nitrogen and oxygen atoms in total. The van der Waals surface area contributed by atoms with Crippen LogP contribution in [0.4, 0.5) is 0 Å². The van der Waals surface area contributed by atoms with Crippen LogP contribution >= 0.6 is 11.3 Å². The minimum atomic E-state index is 0.855. The molecule has 0 aliphatic heterocycles. The van der Waals surface area contributed by atoms with E-state index >= 15 is 0 Å². The van der Waals surface area contributed by atoms with Gasteiger partial charge in [0.1, 0.15) is 0 Å². The summed E-state index contributed by atoms with van der Waals surface area (Å²) in [6.07, 6.45) is 7.00. The number of hydrogen-bond acceptors (Lipinski definition) is 3. The van der Waals surface area contributed by atoms with Crippen LogP contribution in [-0.2, 0) is 0 Å². The van der Waals surface area contributed by atoms with Crippen molar-refractivity contribution in [1.82, 2.24) is 0 Å². The highest BCUT2D eigenvalue weighted by atomic mass is 32.1. The SMILES string of the molecule is CCCCCN.c1ccoc1.c1ccsc1. The predicted molar refractivity (Wildman–Crippen MR) is 71.6 cm³/mol. The summed E-state index contributed by atoms with van der Waals surface area (Å²) in [6, 6.07) is 7.70. The summed E-state index contributed by atoms with van der Waals surface area (Å²) in [7, 11) is 0. The minimum absolute atomic E-state index is 0.855. The standard InChI is InChI=1S/C5H13N.C4H4O.C4H4S/c1-2-3-4-5-6;2*1-2-4-5-3-1/h2-6H2,1H3;2*1-4H. The number of furan rings is 1. The van der Waals surface area contributed by atoms with Crippen LogP contribution in [-0.4, -0.2) is 6.54 Å². The Bertz CT molecular complexity index is 201. The van der Waals surface area contributed by atoms with Crippen molar-refractivity contribution in [2.75, 3.05) is 6.54 Å². The fraction of sp³-hybridized carbons (Fsp3) is 0.385. The van der Waals surface area contributed by atoms with E-state index in [-0.39, 0.29) is 0 Å². The van der Waals surface area contributed by atoms with Gasteiger partial charge in [-0.1, -0.05) is 31.9 Å².